The van der Waals surface area contributed by atoms with Crippen LogP contribution in [-0.2, 0) is 38.4 Å². The first-order chi connectivity index (χ1) is 14.6. The standard InChI is InChI=1S/C15H16N6O9S/c1-28-20-7(5-4-31-14(17)18-5)11(24)19-8-9(10(16)23)30-21(12(8)25)15(13(26)27)3-2-6(22)29-15/h4,8-9H,2-3H2,1H3,(H2,16,23)(H2,17,18)(H,19,24)(H,26,27)/b20-7-. The highest BCUT2D eigenvalue weighted by molar-refractivity contribution is 7.13. The molecule has 0 spiro atoms. The predicted molar refractivity (Wildman–Crippen MR) is 98.6 cm³/mol. The van der Waals surface area contributed by atoms with Crippen LogP contribution in [0.5, 0.6) is 0 Å². The van der Waals surface area contributed by atoms with E-state index >= 15 is 0 Å². The Labute approximate surface area is 176 Å². The SMILES string of the molecule is CO/N=C(\C(=O)NC1C(=O)N(C2(C(=O)O)CCC(=O)O2)OC1C(N)=O)c1csc(N)n1. The quantitative estimate of drug-likeness (QED) is 0.187. The van der Waals surface area contributed by atoms with Crippen molar-refractivity contribution in [2.75, 3.05) is 12.8 Å². The van der Waals surface area contributed by atoms with Crippen LogP contribution in [0.1, 0.15) is 18.5 Å². The summed E-state index contributed by atoms with van der Waals surface area (Å²) in [7, 11) is 1.16. The molecule has 3 rings (SSSR count). The number of aromatic nitrogens is 1. The van der Waals surface area contributed by atoms with E-state index in [4.69, 9.17) is 21.0 Å². The number of hydrogen-bond donors (Lipinski definition) is 4. The van der Waals surface area contributed by atoms with Crippen molar-refractivity contribution in [3.63, 3.8) is 0 Å². The highest BCUT2D eigenvalue weighted by Gasteiger charge is 2.62. The van der Waals surface area contributed by atoms with Crippen molar-refractivity contribution in [1.29, 1.82) is 0 Å². The number of rotatable bonds is 7. The molecular formula is C15H16N6O9S. The van der Waals surface area contributed by atoms with E-state index in [0.29, 0.717) is 0 Å². The van der Waals surface area contributed by atoms with E-state index in [0.717, 1.165) is 18.4 Å². The van der Waals surface area contributed by atoms with Gasteiger partial charge in [0.25, 0.3) is 17.7 Å². The molecule has 0 saturated carbocycles. The van der Waals surface area contributed by atoms with E-state index < -0.39 is 54.0 Å². The number of aliphatic carboxylic acids is 1. The van der Waals surface area contributed by atoms with Gasteiger partial charge >= 0.3 is 17.7 Å². The summed E-state index contributed by atoms with van der Waals surface area (Å²) in [6, 6.07) is -1.75. The summed E-state index contributed by atoms with van der Waals surface area (Å²) in [6.07, 6.45) is -2.54. The zero-order valence-electron chi connectivity index (χ0n) is 15.8. The first-order valence-electron chi connectivity index (χ1n) is 8.49. The third-order valence-electron chi connectivity index (χ3n) is 4.33. The Bertz CT molecular complexity index is 993. The summed E-state index contributed by atoms with van der Waals surface area (Å²) in [4.78, 5) is 74.4. The number of hydrogen-bond acceptors (Lipinski definition) is 12. The second kappa shape index (κ2) is 8.15. The fraction of sp³-hybridized carbons (Fsp3) is 0.400. The minimum Gasteiger partial charge on any atom is -0.477 e. The van der Waals surface area contributed by atoms with Crippen molar-refractivity contribution in [3.8, 4) is 0 Å². The number of carboxylic acids is 1. The number of oxime groups is 1. The number of carbonyl (C=O) groups excluding carboxylic acids is 4. The number of hydroxylamine groups is 2. The van der Waals surface area contributed by atoms with Gasteiger partial charge in [-0.3, -0.25) is 24.0 Å². The van der Waals surface area contributed by atoms with E-state index in [1.165, 1.54) is 5.38 Å². The van der Waals surface area contributed by atoms with Crippen LogP contribution >= 0.6 is 11.3 Å². The summed E-state index contributed by atoms with van der Waals surface area (Å²) in [5.74, 6) is -5.98. The number of carboxylic acid groups (broad SMARTS) is 1. The van der Waals surface area contributed by atoms with E-state index in [2.05, 4.69) is 20.3 Å². The van der Waals surface area contributed by atoms with Crippen LogP contribution in [0.15, 0.2) is 10.5 Å². The number of amides is 3. The van der Waals surface area contributed by atoms with Crippen molar-refractivity contribution >= 4 is 51.8 Å². The number of nitrogens with one attached hydrogen (secondary N) is 1. The molecule has 0 aromatic carbocycles. The molecule has 2 aliphatic heterocycles. The van der Waals surface area contributed by atoms with Crippen LogP contribution < -0.4 is 16.8 Å². The lowest BCUT2D eigenvalue weighted by molar-refractivity contribution is -0.265. The van der Waals surface area contributed by atoms with Gasteiger partial charge < -0.3 is 31.5 Å². The number of cyclic esters (lactones) is 1. The number of nitrogens with two attached hydrogens (primary N) is 2. The number of carbonyl (C=O) groups is 5. The van der Waals surface area contributed by atoms with Crippen LogP contribution in [0, 0.1) is 0 Å². The van der Waals surface area contributed by atoms with Gasteiger partial charge in [0.2, 0.25) is 0 Å². The van der Waals surface area contributed by atoms with Gasteiger partial charge in [0, 0.05) is 11.8 Å². The number of anilines is 1. The van der Waals surface area contributed by atoms with Crippen molar-refractivity contribution in [3.05, 3.63) is 11.1 Å². The molecule has 31 heavy (non-hydrogen) atoms. The molecule has 0 aliphatic carbocycles. The number of esters is 1. The van der Waals surface area contributed by atoms with E-state index in [1.54, 1.807) is 0 Å². The Morgan fingerprint density at radius 2 is 2.16 bits per heavy atom. The van der Waals surface area contributed by atoms with Gasteiger partial charge in [0.05, 0.1) is 6.42 Å². The van der Waals surface area contributed by atoms with E-state index in [9.17, 15) is 29.1 Å². The Morgan fingerprint density at radius 1 is 1.45 bits per heavy atom. The molecule has 2 saturated heterocycles. The van der Waals surface area contributed by atoms with E-state index in [1.807, 2.05) is 0 Å². The van der Waals surface area contributed by atoms with Crippen molar-refractivity contribution in [1.82, 2.24) is 15.4 Å². The Balaban J connectivity index is 1.90. The summed E-state index contributed by atoms with van der Waals surface area (Å²) >= 11 is 1.01. The molecule has 3 atom stereocenters. The molecule has 15 nitrogen and oxygen atoms in total. The first kappa shape index (κ1) is 21.9. The zero-order chi connectivity index (χ0) is 22.9. The Hall–Kier alpha value is -3.79. The fourth-order valence-electron chi connectivity index (χ4n) is 2.94. The minimum absolute atomic E-state index is 0.0208. The normalized spacial score (nSPS) is 26.0. The molecule has 3 heterocycles. The number of ether oxygens (including phenoxy) is 1. The smallest absolute Gasteiger partial charge is 0.372 e. The molecule has 166 valence electrons. The maximum atomic E-state index is 12.9. The first-order valence-corrected chi connectivity index (χ1v) is 9.37. The molecule has 6 N–H and O–H groups in total. The summed E-state index contributed by atoms with van der Waals surface area (Å²) in [6.45, 7) is 0. The van der Waals surface area contributed by atoms with Crippen LogP contribution in [-0.4, -0.2) is 75.5 Å². The van der Waals surface area contributed by atoms with Crippen LogP contribution in [0.4, 0.5) is 5.13 Å². The van der Waals surface area contributed by atoms with Gasteiger partial charge in [-0.25, -0.2) is 9.78 Å². The second-order valence-corrected chi connectivity index (χ2v) is 7.16. The molecule has 1 aromatic rings. The summed E-state index contributed by atoms with van der Waals surface area (Å²) < 4.78 is 4.81. The largest absolute Gasteiger partial charge is 0.477 e. The number of nitrogen functional groups attached to an aromatic ring is 1. The monoisotopic (exact) mass is 456 g/mol. The van der Waals surface area contributed by atoms with Crippen molar-refractivity contribution < 1.29 is 43.5 Å². The maximum absolute atomic E-state index is 12.9. The van der Waals surface area contributed by atoms with Crippen molar-refractivity contribution in [2.45, 2.75) is 30.7 Å². The van der Waals surface area contributed by atoms with Crippen LogP contribution in [0.2, 0.25) is 0 Å². The molecular weight excluding hydrogens is 440 g/mol. The lowest BCUT2D eigenvalue weighted by Crippen LogP contribution is -2.57. The Morgan fingerprint density at radius 3 is 2.65 bits per heavy atom. The van der Waals surface area contributed by atoms with Crippen molar-refractivity contribution in [2.24, 2.45) is 10.9 Å². The third kappa shape index (κ3) is 3.84. The lowest BCUT2D eigenvalue weighted by Gasteiger charge is -2.30. The summed E-state index contributed by atoms with van der Waals surface area (Å²) in [5.41, 5.74) is 7.93. The fourth-order valence-corrected chi connectivity index (χ4v) is 3.49. The van der Waals surface area contributed by atoms with Crippen LogP contribution in [0.3, 0.4) is 0 Å². The van der Waals surface area contributed by atoms with Gasteiger partial charge in [0.15, 0.2) is 16.9 Å². The topological polar surface area (TPSA) is 226 Å². The van der Waals surface area contributed by atoms with Gasteiger partial charge in [-0.2, -0.15) is 5.06 Å². The molecule has 0 radical (unpaired) electrons. The van der Waals surface area contributed by atoms with E-state index in [-0.39, 0.29) is 28.0 Å². The average molecular weight is 456 g/mol. The highest BCUT2D eigenvalue weighted by Crippen LogP contribution is 2.35. The van der Waals surface area contributed by atoms with Crippen LogP contribution in [0.25, 0.3) is 0 Å². The van der Waals surface area contributed by atoms with Gasteiger partial charge in [-0.15, -0.1) is 11.3 Å². The zero-order valence-corrected chi connectivity index (χ0v) is 16.6. The van der Waals surface area contributed by atoms with Gasteiger partial charge in [0.1, 0.15) is 18.8 Å². The lowest BCUT2D eigenvalue weighted by atomic mass is 10.1. The number of primary amides is 1. The number of thiazole rings is 1. The minimum atomic E-state index is -2.51. The highest BCUT2D eigenvalue weighted by atomic mass is 32.1. The average Bonchev–Trinajstić information content (AvgIpc) is 3.38. The predicted octanol–water partition coefficient (Wildman–Crippen LogP) is -2.69. The Kier molecular flexibility index (Phi) is 5.76. The second-order valence-electron chi connectivity index (χ2n) is 6.27. The van der Waals surface area contributed by atoms with Gasteiger partial charge in [-0.1, -0.05) is 5.16 Å². The molecule has 3 amide bonds. The molecule has 3 unspecified atom stereocenters. The summed E-state index contributed by atoms with van der Waals surface area (Å²) in [5, 5.41) is 17.0. The van der Waals surface area contributed by atoms with Gasteiger partial charge in [-0.05, 0) is 0 Å². The molecule has 2 fully saturated rings. The molecule has 1 aromatic heterocycles. The maximum Gasteiger partial charge on any atom is 0.372 e. The number of nitrogens with zero attached hydrogens (tertiary/aromatic N) is 3. The molecule has 0 bridgehead atoms. The third-order valence-corrected chi connectivity index (χ3v) is 5.00. The molecule has 2 aliphatic rings. The molecule has 16 heteroatoms.